The zero-order chi connectivity index (χ0) is 27.1. The Morgan fingerprint density at radius 1 is 0.676 bits per heavy atom. The van der Waals surface area contributed by atoms with Crippen molar-refractivity contribution in [3.05, 3.63) is 94.5 Å². The summed E-state index contributed by atoms with van der Waals surface area (Å²) in [6.07, 6.45) is 0. The van der Waals surface area contributed by atoms with Crippen LogP contribution in [0.3, 0.4) is 0 Å². The lowest BCUT2D eigenvalue weighted by molar-refractivity contribution is 0.568. The molecule has 37 heavy (non-hydrogen) atoms. The van der Waals surface area contributed by atoms with Crippen LogP contribution in [0.4, 0.5) is 11.4 Å². The van der Waals surface area contributed by atoms with Gasteiger partial charge in [-0.05, 0) is 57.1 Å². The Bertz CT molecular complexity index is 1210. The Morgan fingerprint density at radius 3 is 1.65 bits per heavy atom. The third-order valence-corrected chi connectivity index (χ3v) is 7.34. The van der Waals surface area contributed by atoms with Gasteiger partial charge in [0.1, 0.15) is 6.67 Å². The van der Waals surface area contributed by atoms with E-state index in [1.807, 2.05) is 0 Å². The molecular formula is C34H45N3. The van der Waals surface area contributed by atoms with Crippen LogP contribution in [0.2, 0.25) is 0 Å². The Hall–Kier alpha value is -3.07. The molecule has 0 atom stereocenters. The van der Waals surface area contributed by atoms with Crippen LogP contribution in [-0.2, 0) is 10.8 Å². The second-order valence-electron chi connectivity index (χ2n) is 13.1. The molecule has 1 aliphatic rings. The number of rotatable bonds is 5. The first kappa shape index (κ1) is 27.0. The van der Waals surface area contributed by atoms with Crippen LogP contribution in [0.15, 0.2) is 71.8 Å². The van der Waals surface area contributed by atoms with Gasteiger partial charge in [-0.25, -0.2) is 5.01 Å². The van der Waals surface area contributed by atoms with Gasteiger partial charge in [0.15, 0.2) is 5.84 Å². The Balaban J connectivity index is 1.93. The molecule has 0 fully saturated rings. The molecule has 1 heterocycles. The van der Waals surface area contributed by atoms with Crippen LogP contribution in [0.25, 0.3) is 0 Å². The van der Waals surface area contributed by atoms with Crippen LogP contribution in [-0.4, -0.2) is 12.5 Å². The number of hydrazone groups is 1. The van der Waals surface area contributed by atoms with E-state index in [9.17, 15) is 0 Å². The zero-order valence-corrected chi connectivity index (χ0v) is 24.6. The molecule has 0 aromatic heterocycles. The maximum absolute atomic E-state index is 5.33. The van der Waals surface area contributed by atoms with Gasteiger partial charge >= 0.3 is 0 Å². The highest BCUT2D eigenvalue weighted by molar-refractivity contribution is 6.12. The van der Waals surface area contributed by atoms with Crippen molar-refractivity contribution in [3.63, 3.8) is 0 Å². The van der Waals surface area contributed by atoms with Gasteiger partial charge in [0.2, 0.25) is 0 Å². The quantitative estimate of drug-likeness (QED) is 0.351. The molecule has 3 aromatic carbocycles. The molecule has 1 aliphatic heterocycles. The molecule has 0 N–H and O–H groups in total. The number of hydrogen-bond acceptors (Lipinski definition) is 3. The molecular weight excluding hydrogens is 450 g/mol. The van der Waals surface area contributed by atoms with E-state index in [1.165, 1.54) is 33.6 Å². The third kappa shape index (κ3) is 5.61. The molecule has 0 saturated heterocycles. The van der Waals surface area contributed by atoms with Crippen LogP contribution in [0.1, 0.15) is 109 Å². The molecule has 3 nitrogen and oxygen atoms in total. The van der Waals surface area contributed by atoms with Crippen molar-refractivity contribution >= 4 is 17.2 Å². The van der Waals surface area contributed by atoms with Crippen molar-refractivity contribution < 1.29 is 0 Å². The van der Waals surface area contributed by atoms with E-state index in [0.29, 0.717) is 18.5 Å². The zero-order valence-electron chi connectivity index (χ0n) is 24.6. The summed E-state index contributed by atoms with van der Waals surface area (Å²) < 4.78 is 0. The molecule has 196 valence electrons. The Morgan fingerprint density at radius 2 is 1.19 bits per heavy atom. The Kier molecular flexibility index (Phi) is 7.29. The van der Waals surface area contributed by atoms with Crippen LogP contribution in [0, 0.1) is 0 Å². The van der Waals surface area contributed by atoms with Crippen molar-refractivity contribution in [3.8, 4) is 0 Å². The summed E-state index contributed by atoms with van der Waals surface area (Å²) in [7, 11) is 0. The SMILES string of the molecule is CC(C)c1cccc(C(C)C)c1N1CN(c2cc(C(C)(C)C)cc(C(C)(C)C)c2)C(c2ccccc2)=N1. The van der Waals surface area contributed by atoms with Crippen LogP contribution in [0.5, 0.6) is 0 Å². The van der Waals surface area contributed by atoms with E-state index in [1.54, 1.807) is 0 Å². The van der Waals surface area contributed by atoms with Crippen molar-refractivity contribution in [2.45, 2.75) is 91.9 Å². The predicted molar refractivity (Wildman–Crippen MR) is 161 cm³/mol. The van der Waals surface area contributed by atoms with Gasteiger partial charge in [-0.3, -0.25) is 0 Å². The number of anilines is 2. The van der Waals surface area contributed by atoms with Gasteiger partial charge < -0.3 is 4.90 Å². The highest BCUT2D eigenvalue weighted by atomic mass is 15.6. The monoisotopic (exact) mass is 495 g/mol. The normalized spacial score (nSPS) is 14.6. The fourth-order valence-electron chi connectivity index (χ4n) is 4.97. The summed E-state index contributed by atoms with van der Waals surface area (Å²) in [6, 6.07) is 24.5. The summed E-state index contributed by atoms with van der Waals surface area (Å²) in [5, 5.41) is 7.58. The second-order valence-corrected chi connectivity index (χ2v) is 13.1. The van der Waals surface area contributed by atoms with Crippen molar-refractivity contribution in [1.29, 1.82) is 0 Å². The van der Waals surface area contributed by atoms with Gasteiger partial charge in [0.05, 0.1) is 5.69 Å². The highest BCUT2D eigenvalue weighted by Crippen LogP contribution is 2.40. The van der Waals surface area contributed by atoms with E-state index in [-0.39, 0.29) is 10.8 Å². The molecule has 0 amide bonds. The van der Waals surface area contributed by atoms with Gasteiger partial charge in [0, 0.05) is 11.3 Å². The second kappa shape index (κ2) is 10.0. The number of para-hydroxylation sites is 1. The molecule has 3 aromatic rings. The maximum Gasteiger partial charge on any atom is 0.162 e. The average Bonchev–Trinajstić information content (AvgIpc) is 3.28. The number of benzene rings is 3. The first-order valence-corrected chi connectivity index (χ1v) is 13.8. The minimum absolute atomic E-state index is 0.0501. The van der Waals surface area contributed by atoms with Crippen molar-refractivity contribution in [2.24, 2.45) is 5.10 Å². The maximum atomic E-state index is 5.33. The minimum Gasteiger partial charge on any atom is -0.304 e. The molecule has 0 spiro atoms. The largest absolute Gasteiger partial charge is 0.304 e. The molecule has 0 bridgehead atoms. The number of nitrogens with zero attached hydrogens (tertiary/aromatic N) is 3. The molecule has 0 aliphatic carbocycles. The lowest BCUT2D eigenvalue weighted by Crippen LogP contribution is -2.33. The summed E-state index contributed by atoms with van der Waals surface area (Å²) in [5.74, 6) is 1.82. The van der Waals surface area contributed by atoms with E-state index in [4.69, 9.17) is 5.10 Å². The Labute approximate surface area is 225 Å². The molecule has 4 rings (SSSR count). The lowest BCUT2D eigenvalue weighted by atomic mass is 9.80. The average molecular weight is 496 g/mol. The minimum atomic E-state index is 0.0501. The fraction of sp³-hybridized carbons (Fsp3) is 0.441. The van der Waals surface area contributed by atoms with E-state index in [0.717, 1.165) is 11.4 Å². The van der Waals surface area contributed by atoms with E-state index in [2.05, 4.69) is 146 Å². The first-order valence-electron chi connectivity index (χ1n) is 13.8. The van der Waals surface area contributed by atoms with Gasteiger partial charge in [-0.2, -0.15) is 5.10 Å². The highest BCUT2D eigenvalue weighted by Gasteiger charge is 2.32. The van der Waals surface area contributed by atoms with Crippen LogP contribution < -0.4 is 9.91 Å². The van der Waals surface area contributed by atoms with Crippen LogP contribution >= 0.6 is 0 Å². The summed E-state index contributed by atoms with van der Waals surface area (Å²) in [6.45, 7) is 23.6. The van der Waals surface area contributed by atoms with Gasteiger partial charge in [0.25, 0.3) is 0 Å². The summed E-state index contributed by atoms with van der Waals surface area (Å²) in [5.41, 5.74) is 9.10. The van der Waals surface area contributed by atoms with E-state index >= 15 is 0 Å². The first-order chi connectivity index (χ1) is 17.3. The predicted octanol–water partition coefficient (Wildman–Crippen LogP) is 9.17. The smallest absolute Gasteiger partial charge is 0.162 e. The molecule has 0 radical (unpaired) electrons. The number of amidine groups is 1. The van der Waals surface area contributed by atoms with Crippen molar-refractivity contribution in [2.75, 3.05) is 16.6 Å². The molecule has 0 unspecified atom stereocenters. The van der Waals surface area contributed by atoms with Gasteiger partial charge in [-0.15, -0.1) is 0 Å². The van der Waals surface area contributed by atoms with E-state index < -0.39 is 0 Å². The molecule has 3 heteroatoms. The molecule has 0 saturated carbocycles. The van der Waals surface area contributed by atoms with Gasteiger partial charge in [-0.1, -0.05) is 124 Å². The fourth-order valence-corrected chi connectivity index (χ4v) is 4.97. The topological polar surface area (TPSA) is 18.8 Å². The third-order valence-electron chi connectivity index (χ3n) is 7.34. The standard InChI is InChI=1S/C34H45N3/c1-23(2)29-17-14-18-30(24(3)4)31(29)37-22-36(32(35-37)25-15-12-11-13-16-25)28-20-26(33(5,6)7)19-27(21-28)34(8,9)10/h11-21,23-24H,22H2,1-10H3. The van der Waals surface area contributed by atoms with Crippen molar-refractivity contribution in [1.82, 2.24) is 0 Å². The lowest BCUT2D eigenvalue weighted by Gasteiger charge is -2.30. The summed E-state index contributed by atoms with van der Waals surface area (Å²) >= 11 is 0. The summed E-state index contributed by atoms with van der Waals surface area (Å²) in [4.78, 5) is 2.40. The number of hydrogen-bond donors (Lipinski definition) is 0.